The first-order valence-electron chi connectivity index (χ1n) is 3.93. The summed E-state index contributed by atoms with van der Waals surface area (Å²) < 4.78 is 0. The molecule has 13 heavy (non-hydrogen) atoms. The molecule has 6 nitrogen and oxygen atoms in total. The molecule has 0 fully saturated rings. The topological polar surface area (TPSA) is 113 Å². The highest BCUT2D eigenvalue weighted by molar-refractivity contribution is 6.40. The van der Waals surface area contributed by atoms with Crippen LogP contribution < -0.4 is 11.1 Å². The van der Waals surface area contributed by atoms with Crippen molar-refractivity contribution in [2.75, 3.05) is 6.54 Å². The Bertz CT molecular complexity index is 185. The van der Waals surface area contributed by atoms with Gasteiger partial charge in [0.2, 0.25) is 11.8 Å². The largest absolute Gasteiger partial charge is 0.451 e. The molecule has 0 aliphatic rings. The van der Waals surface area contributed by atoms with E-state index in [2.05, 4.69) is 5.32 Å². The third-order valence-electron chi connectivity index (χ3n) is 1.33. The lowest BCUT2D eigenvalue weighted by atomic mass is 9.84. The summed E-state index contributed by atoms with van der Waals surface area (Å²) in [6.45, 7) is -0.180. The maximum atomic E-state index is 10.8. The van der Waals surface area contributed by atoms with Gasteiger partial charge >= 0.3 is 7.12 Å². The van der Waals surface area contributed by atoms with Gasteiger partial charge in [-0.05, 0) is 12.7 Å². The Kier molecular flexibility index (Phi) is 5.91. The van der Waals surface area contributed by atoms with Crippen LogP contribution in [0.1, 0.15) is 12.8 Å². The maximum Gasteiger partial charge on any atom is 0.451 e. The van der Waals surface area contributed by atoms with Gasteiger partial charge in [0.15, 0.2) is 0 Å². The zero-order valence-electron chi connectivity index (χ0n) is 7.19. The molecule has 0 aromatic heterocycles. The summed E-state index contributed by atoms with van der Waals surface area (Å²) in [5.74, 6) is -0.921. The molecule has 0 unspecified atom stereocenters. The average Bonchev–Trinajstić information content (AvgIpc) is 2.00. The fraction of sp³-hybridized carbons (Fsp3) is 0.667. The third kappa shape index (κ3) is 8.83. The van der Waals surface area contributed by atoms with Gasteiger partial charge in [-0.15, -0.1) is 0 Å². The molecule has 0 saturated carbocycles. The van der Waals surface area contributed by atoms with Gasteiger partial charge in [-0.25, -0.2) is 0 Å². The molecule has 0 saturated heterocycles. The molecular weight excluding hydrogens is 175 g/mol. The van der Waals surface area contributed by atoms with Gasteiger partial charge in [-0.1, -0.05) is 0 Å². The summed E-state index contributed by atoms with van der Waals surface area (Å²) in [6.07, 6.45) is 0.664. The van der Waals surface area contributed by atoms with Gasteiger partial charge in [-0.3, -0.25) is 9.59 Å². The summed E-state index contributed by atoms with van der Waals surface area (Å²) in [6, 6.07) is 0. The van der Waals surface area contributed by atoms with Gasteiger partial charge in [0.1, 0.15) is 0 Å². The molecule has 74 valence electrons. The van der Waals surface area contributed by atoms with Crippen molar-refractivity contribution in [3.63, 3.8) is 0 Å². The Morgan fingerprint density at radius 2 is 2.00 bits per heavy atom. The van der Waals surface area contributed by atoms with Crippen molar-refractivity contribution in [1.29, 1.82) is 0 Å². The Morgan fingerprint density at radius 3 is 2.46 bits per heavy atom. The molecule has 0 aromatic rings. The molecule has 0 spiro atoms. The first-order chi connectivity index (χ1) is 6.02. The summed E-state index contributed by atoms with van der Waals surface area (Å²) in [7, 11) is -1.39. The number of primary amides is 1. The zero-order valence-corrected chi connectivity index (χ0v) is 7.19. The van der Waals surface area contributed by atoms with Crippen LogP contribution in [0.4, 0.5) is 0 Å². The predicted octanol–water partition coefficient (Wildman–Crippen LogP) is -2.16. The minimum Gasteiger partial charge on any atom is -0.427 e. The highest BCUT2D eigenvalue weighted by atomic mass is 16.4. The van der Waals surface area contributed by atoms with E-state index in [4.69, 9.17) is 15.8 Å². The predicted molar refractivity (Wildman–Crippen MR) is 46.4 cm³/mol. The number of carbonyl (C=O) groups excluding carboxylic acids is 2. The molecule has 0 aromatic carbocycles. The van der Waals surface area contributed by atoms with Crippen LogP contribution in [0.5, 0.6) is 0 Å². The van der Waals surface area contributed by atoms with Gasteiger partial charge in [-0.2, -0.15) is 0 Å². The Balaban J connectivity index is 3.36. The van der Waals surface area contributed by atoms with Gasteiger partial charge in [0.05, 0.1) is 6.54 Å². The van der Waals surface area contributed by atoms with Crippen molar-refractivity contribution < 1.29 is 19.6 Å². The van der Waals surface area contributed by atoms with E-state index in [1.54, 1.807) is 0 Å². The molecule has 5 N–H and O–H groups in total. The van der Waals surface area contributed by atoms with Crippen LogP contribution in [0.3, 0.4) is 0 Å². The molecule has 0 rings (SSSR count). The number of nitrogens with one attached hydrogen (secondary N) is 1. The van der Waals surface area contributed by atoms with Crippen LogP contribution in [-0.2, 0) is 9.59 Å². The molecule has 0 bridgehead atoms. The molecule has 2 amide bonds. The second-order valence-corrected chi connectivity index (χ2v) is 2.62. The molecule has 0 heterocycles. The van der Waals surface area contributed by atoms with E-state index in [0.29, 0.717) is 6.42 Å². The van der Waals surface area contributed by atoms with Crippen molar-refractivity contribution in [2.45, 2.75) is 19.2 Å². The number of nitrogens with two attached hydrogens (primary N) is 1. The first kappa shape index (κ1) is 11.9. The number of rotatable bonds is 6. The Hall–Kier alpha value is -1.08. The minimum atomic E-state index is -1.39. The lowest BCUT2D eigenvalue weighted by Crippen LogP contribution is -2.33. The van der Waals surface area contributed by atoms with E-state index in [1.807, 2.05) is 0 Å². The Labute approximate surface area is 76.3 Å². The molecular formula is C6H13BN2O4. The highest BCUT2D eigenvalue weighted by Gasteiger charge is 2.08. The average molecular weight is 188 g/mol. The van der Waals surface area contributed by atoms with E-state index < -0.39 is 13.0 Å². The molecule has 0 aliphatic carbocycles. The normalized spacial score (nSPS) is 9.38. The van der Waals surface area contributed by atoms with Crippen LogP contribution in [0.15, 0.2) is 0 Å². The van der Waals surface area contributed by atoms with E-state index in [0.717, 1.165) is 0 Å². The first-order valence-corrected chi connectivity index (χ1v) is 3.93. The van der Waals surface area contributed by atoms with Crippen molar-refractivity contribution in [2.24, 2.45) is 5.73 Å². The molecule has 0 atom stereocenters. The fourth-order valence-corrected chi connectivity index (χ4v) is 0.719. The summed E-state index contributed by atoms with van der Waals surface area (Å²) in [5, 5.41) is 19.1. The maximum absolute atomic E-state index is 10.8. The van der Waals surface area contributed by atoms with Gasteiger partial charge < -0.3 is 21.1 Å². The zero-order chi connectivity index (χ0) is 10.3. The lowest BCUT2D eigenvalue weighted by molar-refractivity contribution is -0.124. The number of hydrogen-bond donors (Lipinski definition) is 4. The van der Waals surface area contributed by atoms with Crippen LogP contribution in [0.2, 0.25) is 6.32 Å². The number of amides is 2. The molecule has 0 radical (unpaired) electrons. The second kappa shape index (κ2) is 6.44. The molecule has 0 aliphatic heterocycles. The van der Waals surface area contributed by atoms with Crippen molar-refractivity contribution in [3.05, 3.63) is 0 Å². The van der Waals surface area contributed by atoms with E-state index in [-0.39, 0.29) is 25.2 Å². The number of hydrogen-bond acceptors (Lipinski definition) is 4. The number of carbonyl (C=O) groups is 2. The van der Waals surface area contributed by atoms with Crippen LogP contribution in [0.25, 0.3) is 0 Å². The van der Waals surface area contributed by atoms with Crippen molar-refractivity contribution in [3.8, 4) is 0 Å². The smallest absolute Gasteiger partial charge is 0.427 e. The second-order valence-electron chi connectivity index (χ2n) is 2.62. The van der Waals surface area contributed by atoms with Crippen LogP contribution >= 0.6 is 0 Å². The standard InChI is InChI=1S/C6H13BN2O4/c8-5(10)4-9-6(11)2-1-3-7(12)13/h12-13H,1-4H2,(H2,8,10)(H,9,11). The molecule has 7 heteroatoms. The van der Waals surface area contributed by atoms with Crippen LogP contribution in [-0.4, -0.2) is 35.5 Å². The SMILES string of the molecule is NC(=O)CNC(=O)CCCB(O)O. The van der Waals surface area contributed by atoms with Gasteiger partial charge in [0.25, 0.3) is 0 Å². The highest BCUT2D eigenvalue weighted by Crippen LogP contribution is 1.96. The summed E-state index contributed by atoms with van der Waals surface area (Å²) in [4.78, 5) is 21.1. The van der Waals surface area contributed by atoms with E-state index in [1.165, 1.54) is 0 Å². The third-order valence-corrected chi connectivity index (χ3v) is 1.33. The van der Waals surface area contributed by atoms with Crippen molar-refractivity contribution >= 4 is 18.9 Å². The van der Waals surface area contributed by atoms with E-state index in [9.17, 15) is 9.59 Å². The van der Waals surface area contributed by atoms with Crippen molar-refractivity contribution in [1.82, 2.24) is 5.32 Å². The monoisotopic (exact) mass is 188 g/mol. The van der Waals surface area contributed by atoms with E-state index >= 15 is 0 Å². The Morgan fingerprint density at radius 1 is 1.38 bits per heavy atom. The fourth-order valence-electron chi connectivity index (χ4n) is 0.719. The van der Waals surface area contributed by atoms with Crippen LogP contribution in [0, 0.1) is 0 Å². The minimum absolute atomic E-state index is 0.143. The lowest BCUT2D eigenvalue weighted by Gasteiger charge is -2.01. The van der Waals surface area contributed by atoms with Gasteiger partial charge in [0, 0.05) is 6.42 Å². The quantitative estimate of drug-likeness (QED) is 0.355. The summed E-state index contributed by atoms with van der Waals surface area (Å²) in [5.41, 5.74) is 4.78. The summed E-state index contributed by atoms with van der Waals surface area (Å²) >= 11 is 0.